The smallest absolute Gasteiger partial charge is 0.0303 e. The van der Waals surface area contributed by atoms with Crippen LogP contribution in [0.25, 0.3) is 0 Å². The molecule has 0 aliphatic carbocycles. The van der Waals surface area contributed by atoms with E-state index in [4.69, 9.17) is 0 Å². The maximum Gasteiger partial charge on any atom is 0.0303 e. The van der Waals surface area contributed by atoms with Gasteiger partial charge in [-0.25, -0.2) is 0 Å². The van der Waals surface area contributed by atoms with Gasteiger partial charge in [-0.3, -0.25) is 0 Å². The first kappa shape index (κ1) is 12.3. The van der Waals surface area contributed by atoms with Crippen LogP contribution in [0.2, 0.25) is 0 Å². The van der Waals surface area contributed by atoms with E-state index >= 15 is 0 Å². The number of aryl methyl sites for hydroxylation is 1. The molecule has 4 heteroatoms. The van der Waals surface area contributed by atoms with Crippen LogP contribution >= 0.6 is 38.6 Å². The van der Waals surface area contributed by atoms with Gasteiger partial charge in [-0.05, 0) is 40.5 Å². The summed E-state index contributed by atoms with van der Waals surface area (Å²) in [4.78, 5) is 4.27. The molecule has 0 saturated carbocycles. The van der Waals surface area contributed by atoms with Crippen LogP contribution in [-0.2, 0) is 19.5 Å². The molecule has 0 aliphatic heterocycles. The van der Waals surface area contributed by atoms with Crippen LogP contribution in [0.3, 0.4) is 0 Å². The Bertz CT molecular complexity index is 447. The topological polar surface area (TPSA) is 12.0 Å². The summed E-state index contributed by atoms with van der Waals surface area (Å²) in [5, 5.41) is 5.59. The number of hydrogen-bond acceptors (Lipinski definition) is 3. The zero-order valence-electron chi connectivity index (χ0n) is 9.13. The molecule has 0 fully saturated rings. The van der Waals surface area contributed by atoms with Crippen molar-refractivity contribution in [1.29, 1.82) is 0 Å². The van der Waals surface area contributed by atoms with Gasteiger partial charge in [0.1, 0.15) is 0 Å². The maximum absolute atomic E-state index is 3.47. The number of hydrogen-bond donors (Lipinski definition) is 1. The molecule has 2 heterocycles. The minimum atomic E-state index is 0.954. The Balaban J connectivity index is 1.79. The van der Waals surface area contributed by atoms with Gasteiger partial charge >= 0.3 is 0 Å². The van der Waals surface area contributed by atoms with Crippen LogP contribution in [0.1, 0.15) is 21.6 Å². The number of nitrogens with one attached hydrogen (secondary N) is 1. The summed E-state index contributed by atoms with van der Waals surface area (Å²) in [5.74, 6) is 0. The largest absolute Gasteiger partial charge is 0.307 e. The molecule has 0 spiro atoms. The van der Waals surface area contributed by atoms with Crippen molar-refractivity contribution in [3.05, 3.63) is 42.7 Å². The predicted octanol–water partition coefficient (Wildman–Crippen LogP) is 4.42. The number of halogens is 1. The molecule has 1 nitrogen and oxygen atoms in total. The molecule has 0 unspecified atom stereocenters. The molecule has 0 saturated heterocycles. The fourth-order valence-corrected chi connectivity index (χ4v) is 3.81. The molecule has 0 radical (unpaired) electrons. The summed E-state index contributed by atoms with van der Waals surface area (Å²) < 4.78 is 1.18. The molecule has 2 aromatic heterocycles. The van der Waals surface area contributed by atoms with Crippen LogP contribution in [-0.4, -0.2) is 0 Å². The first-order valence-corrected chi connectivity index (χ1v) is 7.78. The summed E-state index contributed by atoms with van der Waals surface area (Å²) in [6.45, 7) is 4.13. The second kappa shape index (κ2) is 5.96. The molecule has 16 heavy (non-hydrogen) atoms. The Morgan fingerprint density at radius 3 is 2.56 bits per heavy atom. The second-order valence-electron chi connectivity index (χ2n) is 3.56. The van der Waals surface area contributed by atoms with E-state index in [9.17, 15) is 0 Å². The van der Waals surface area contributed by atoms with Crippen LogP contribution in [0.4, 0.5) is 0 Å². The van der Waals surface area contributed by atoms with E-state index in [0.29, 0.717) is 0 Å². The molecule has 1 N–H and O–H groups in total. The number of thiophene rings is 2. The average molecular weight is 316 g/mol. The first-order valence-electron chi connectivity index (χ1n) is 5.29. The third kappa shape index (κ3) is 3.42. The van der Waals surface area contributed by atoms with Crippen molar-refractivity contribution < 1.29 is 0 Å². The van der Waals surface area contributed by atoms with Gasteiger partial charge in [0.05, 0.1) is 0 Å². The van der Waals surface area contributed by atoms with E-state index < -0.39 is 0 Å². The average Bonchev–Trinajstić information content (AvgIpc) is 2.88. The van der Waals surface area contributed by atoms with E-state index in [2.05, 4.69) is 51.7 Å². The first-order chi connectivity index (χ1) is 7.78. The molecule has 0 aromatic carbocycles. The summed E-state index contributed by atoms with van der Waals surface area (Å²) in [6.07, 6.45) is 1.14. The summed E-state index contributed by atoms with van der Waals surface area (Å²) in [6, 6.07) is 6.62. The van der Waals surface area contributed by atoms with Gasteiger partial charge in [0, 0.05) is 37.6 Å². The van der Waals surface area contributed by atoms with Crippen molar-refractivity contribution in [1.82, 2.24) is 5.32 Å². The van der Waals surface area contributed by atoms with Gasteiger partial charge in [-0.1, -0.05) is 6.92 Å². The summed E-state index contributed by atoms with van der Waals surface area (Å²) >= 11 is 7.16. The highest BCUT2D eigenvalue weighted by Gasteiger charge is 2.00. The highest BCUT2D eigenvalue weighted by atomic mass is 79.9. The Morgan fingerprint density at radius 2 is 1.94 bits per heavy atom. The molecule has 0 bridgehead atoms. The molecule has 0 atom stereocenters. The molecule has 2 rings (SSSR count). The fourth-order valence-electron chi connectivity index (χ4n) is 1.46. The molecular weight excluding hydrogens is 302 g/mol. The van der Waals surface area contributed by atoms with E-state index in [1.165, 1.54) is 19.1 Å². The molecular formula is C12H14BrNS2. The van der Waals surface area contributed by atoms with Crippen molar-refractivity contribution in [2.24, 2.45) is 0 Å². The van der Waals surface area contributed by atoms with Crippen molar-refractivity contribution >= 4 is 38.6 Å². The van der Waals surface area contributed by atoms with Crippen LogP contribution in [0.15, 0.2) is 28.1 Å². The maximum atomic E-state index is 3.47. The quantitative estimate of drug-likeness (QED) is 0.861. The number of rotatable bonds is 5. The zero-order chi connectivity index (χ0) is 11.4. The van der Waals surface area contributed by atoms with Crippen LogP contribution in [0, 0.1) is 0 Å². The highest BCUT2D eigenvalue weighted by molar-refractivity contribution is 9.10. The lowest BCUT2D eigenvalue weighted by Gasteiger charge is -1.99. The molecule has 2 aromatic rings. The monoisotopic (exact) mass is 315 g/mol. The highest BCUT2D eigenvalue weighted by Crippen LogP contribution is 2.20. The third-order valence-electron chi connectivity index (χ3n) is 2.29. The van der Waals surface area contributed by atoms with Gasteiger partial charge < -0.3 is 5.32 Å². The predicted molar refractivity (Wildman–Crippen MR) is 76.3 cm³/mol. The second-order valence-corrected chi connectivity index (χ2v) is 6.72. The van der Waals surface area contributed by atoms with Gasteiger partial charge in [-0.15, -0.1) is 22.7 Å². The van der Waals surface area contributed by atoms with Crippen molar-refractivity contribution in [2.75, 3.05) is 0 Å². The van der Waals surface area contributed by atoms with E-state index in [1.807, 2.05) is 11.3 Å². The lowest BCUT2D eigenvalue weighted by atomic mass is 10.3. The zero-order valence-corrected chi connectivity index (χ0v) is 12.3. The van der Waals surface area contributed by atoms with Gasteiger partial charge in [0.25, 0.3) is 0 Å². The lowest BCUT2D eigenvalue weighted by Crippen LogP contribution is -2.10. The molecule has 0 aliphatic rings. The Hall–Kier alpha value is -0.160. The van der Waals surface area contributed by atoms with E-state index in [1.54, 1.807) is 11.3 Å². The van der Waals surface area contributed by atoms with Crippen LogP contribution in [0.5, 0.6) is 0 Å². The van der Waals surface area contributed by atoms with Gasteiger partial charge in [0.15, 0.2) is 0 Å². The Labute approximate surface area is 113 Å². The summed E-state index contributed by atoms with van der Waals surface area (Å²) in [7, 11) is 0. The Morgan fingerprint density at radius 1 is 1.19 bits per heavy atom. The molecule has 86 valence electrons. The third-order valence-corrected chi connectivity index (χ3v) is 5.21. The van der Waals surface area contributed by atoms with Crippen molar-refractivity contribution in [3.8, 4) is 0 Å². The summed E-state index contributed by atoms with van der Waals surface area (Å²) in [5.41, 5.74) is 0. The SMILES string of the molecule is CCc1ccc(CNCc2cc(Br)cs2)s1. The van der Waals surface area contributed by atoms with Crippen molar-refractivity contribution in [2.45, 2.75) is 26.4 Å². The molecule has 0 amide bonds. The van der Waals surface area contributed by atoms with E-state index in [-0.39, 0.29) is 0 Å². The lowest BCUT2D eigenvalue weighted by molar-refractivity contribution is 0.709. The normalized spacial score (nSPS) is 10.9. The standard InChI is InChI=1S/C12H14BrNS2/c1-2-10-3-4-11(16-10)6-14-7-12-5-9(13)8-15-12/h3-5,8,14H,2,6-7H2,1H3. The minimum Gasteiger partial charge on any atom is -0.307 e. The fraction of sp³-hybridized carbons (Fsp3) is 0.333. The minimum absolute atomic E-state index is 0.954. The Kier molecular flexibility index (Phi) is 4.58. The van der Waals surface area contributed by atoms with Crippen molar-refractivity contribution in [3.63, 3.8) is 0 Å². The van der Waals surface area contributed by atoms with Gasteiger partial charge in [-0.2, -0.15) is 0 Å². The van der Waals surface area contributed by atoms with E-state index in [0.717, 1.165) is 19.5 Å². The van der Waals surface area contributed by atoms with Gasteiger partial charge in [0.2, 0.25) is 0 Å². The van der Waals surface area contributed by atoms with Crippen LogP contribution < -0.4 is 5.32 Å².